The van der Waals surface area contributed by atoms with E-state index in [4.69, 9.17) is 11.6 Å². The topological polar surface area (TPSA) is 49.4 Å². The van der Waals surface area contributed by atoms with Crippen LogP contribution >= 0.6 is 23.4 Å². The summed E-state index contributed by atoms with van der Waals surface area (Å²) in [4.78, 5) is 27.1. The van der Waals surface area contributed by atoms with Crippen molar-refractivity contribution in [3.63, 3.8) is 0 Å². The zero-order valence-electron chi connectivity index (χ0n) is 17.1. The molecule has 0 aliphatic carbocycles. The highest BCUT2D eigenvalue weighted by Crippen LogP contribution is 2.17. The van der Waals surface area contributed by atoms with Crippen molar-refractivity contribution < 1.29 is 9.59 Å². The van der Waals surface area contributed by atoms with Crippen molar-refractivity contribution in [2.45, 2.75) is 45.0 Å². The van der Waals surface area contributed by atoms with Gasteiger partial charge >= 0.3 is 0 Å². The molecule has 4 nitrogen and oxygen atoms in total. The molecule has 2 amide bonds. The Hall–Kier alpha value is -1.98. The summed E-state index contributed by atoms with van der Waals surface area (Å²) in [6.45, 7) is 4.76. The first-order chi connectivity index (χ1) is 14.0. The van der Waals surface area contributed by atoms with Crippen molar-refractivity contribution in [3.05, 3.63) is 70.7 Å². The van der Waals surface area contributed by atoms with Gasteiger partial charge in [-0.15, -0.1) is 0 Å². The second-order valence-corrected chi connectivity index (χ2v) is 8.45. The van der Waals surface area contributed by atoms with E-state index in [1.807, 2.05) is 43.3 Å². The lowest BCUT2D eigenvalue weighted by Crippen LogP contribution is -2.47. The highest BCUT2D eigenvalue weighted by molar-refractivity contribution is 7.98. The van der Waals surface area contributed by atoms with Gasteiger partial charge < -0.3 is 10.2 Å². The Labute approximate surface area is 183 Å². The second-order valence-electron chi connectivity index (χ2n) is 6.91. The number of hydrogen-bond donors (Lipinski definition) is 1. The number of nitrogens with zero attached hydrogens (tertiary/aromatic N) is 1. The smallest absolute Gasteiger partial charge is 0.242 e. The number of benzene rings is 2. The van der Waals surface area contributed by atoms with Gasteiger partial charge in [-0.1, -0.05) is 61.0 Å². The molecule has 0 saturated heterocycles. The summed E-state index contributed by atoms with van der Waals surface area (Å²) in [5.74, 6) is 1.43. The first-order valence-electron chi connectivity index (χ1n) is 9.94. The van der Waals surface area contributed by atoms with Crippen LogP contribution in [0.1, 0.15) is 37.8 Å². The summed E-state index contributed by atoms with van der Waals surface area (Å²) < 4.78 is 0. The molecule has 1 atom stereocenters. The summed E-state index contributed by atoms with van der Waals surface area (Å²) in [7, 11) is 0. The monoisotopic (exact) mass is 432 g/mol. The molecule has 0 radical (unpaired) electrons. The minimum atomic E-state index is -0.535. The van der Waals surface area contributed by atoms with E-state index < -0.39 is 6.04 Å². The predicted molar refractivity (Wildman–Crippen MR) is 122 cm³/mol. The molecule has 2 aromatic rings. The fourth-order valence-electron chi connectivity index (χ4n) is 2.88. The summed E-state index contributed by atoms with van der Waals surface area (Å²) in [6.07, 6.45) is 1.25. The standard InChI is InChI=1S/C23H29ClN2O2S/c1-3-13-25-23(28)18(2)26(16-20-10-7-11-21(24)15-20)22(27)12-14-29-17-19-8-5-4-6-9-19/h4-11,15,18H,3,12-14,16-17H2,1-2H3,(H,25,28)/t18-/m0/s1. The van der Waals surface area contributed by atoms with Gasteiger partial charge in [0.1, 0.15) is 6.04 Å². The van der Waals surface area contributed by atoms with Crippen molar-refractivity contribution in [2.24, 2.45) is 0 Å². The molecule has 29 heavy (non-hydrogen) atoms. The van der Waals surface area contributed by atoms with Gasteiger partial charge in [-0.3, -0.25) is 9.59 Å². The van der Waals surface area contributed by atoms with Gasteiger partial charge in [-0.25, -0.2) is 0 Å². The molecule has 6 heteroatoms. The van der Waals surface area contributed by atoms with Crippen LogP contribution in [0.4, 0.5) is 0 Å². The van der Waals surface area contributed by atoms with E-state index in [-0.39, 0.29) is 11.8 Å². The van der Waals surface area contributed by atoms with Crippen molar-refractivity contribution in [1.29, 1.82) is 0 Å². The van der Waals surface area contributed by atoms with Gasteiger partial charge in [0, 0.05) is 36.0 Å². The van der Waals surface area contributed by atoms with Gasteiger partial charge in [0.25, 0.3) is 0 Å². The highest BCUT2D eigenvalue weighted by atomic mass is 35.5. The van der Waals surface area contributed by atoms with Crippen molar-refractivity contribution in [3.8, 4) is 0 Å². The molecule has 0 spiro atoms. The molecule has 1 N–H and O–H groups in total. The van der Waals surface area contributed by atoms with Gasteiger partial charge in [0.05, 0.1) is 0 Å². The number of carbonyl (C=O) groups excluding carboxylic acids is 2. The molecule has 156 valence electrons. The van der Waals surface area contributed by atoms with Crippen LogP contribution in [0, 0.1) is 0 Å². The molecule has 0 aliphatic rings. The van der Waals surface area contributed by atoms with Crippen LogP contribution in [0.2, 0.25) is 5.02 Å². The van der Waals surface area contributed by atoms with Crippen LogP contribution in [0.5, 0.6) is 0 Å². The first kappa shape index (κ1) is 23.3. The van der Waals surface area contributed by atoms with Crippen LogP contribution < -0.4 is 5.32 Å². The number of thioether (sulfide) groups is 1. The fourth-order valence-corrected chi connectivity index (χ4v) is 3.98. The SMILES string of the molecule is CCCNC(=O)[C@H](C)N(Cc1cccc(Cl)c1)C(=O)CCSCc1ccccc1. The van der Waals surface area contributed by atoms with Crippen LogP contribution in [0.15, 0.2) is 54.6 Å². The van der Waals surface area contributed by atoms with Crippen LogP contribution in [0.3, 0.4) is 0 Å². The summed E-state index contributed by atoms with van der Waals surface area (Å²) >= 11 is 7.82. The van der Waals surface area contributed by atoms with Crippen LogP contribution in [-0.2, 0) is 21.9 Å². The van der Waals surface area contributed by atoms with Crippen LogP contribution in [0.25, 0.3) is 0 Å². The third kappa shape index (κ3) is 8.11. The molecule has 0 unspecified atom stereocenters. The Morgan fingerprint density at radius 2 is 1.83 bits per heavy atom. The number of nitrogens with one attached hydrogen (secondary N) is 1. The third-order valence-corrected chi connectivity index (χ3v) is 5.80. The summed E-state index contributed by atoms with van der Waals surface area (Å²) in [6, 6.07) is 17.1. The van der Waals surface area contributed by atoms with E-state index in [0.717, 1.165) is 17.7 Å². The highest BCUT2D eigenvalue weighted by Gasteiger charge is 2.25. The number of halogens is 1. The lowest BCUT2D eigenvalue weighted by atomic mass is 10.1. The molecule has 2 aromatic carbocycles. The quantitative estimate of drug-likeness (QED) is 0.513. The maximum atomic E-state index is 13.0. The molecule has 0 heterocycles. The van der Waals surface area contributed by atoms with E-state index in [1.54, 1.807) is 29.7 Å². The zero-order valence-corrected chi connectivity index (χ0v) is 18.6. The Balaban J connectivity index is 1.98. The number of amides is 2. The normalized spacial score (nSPS) is 11.7. The Morgan fingerprint density at radius 1 is 1.10 bits per heavy atom. The number of rotatable bonds is 11. The number of hydrogen-bond acceptors (Lipinski definition) is 3. The summed E-state index contributed by atoms with van der Waals surface area (Å²) in [5.41, 5.74) is 2.16. The minimum Gasteiger partial charge on any atom is -0.354 e. The predicted octanol–water partition coefficient (Wildman–Crippen LogP) is 4.91. The van der Waals surface area contributed by atoms with Gasteiger partial charge in [0.15, 0.2) is 0 Å². The Kier molecular flexibility index (Phi) is 10.1. The van der Waals surface area contributed by atoms with E-state index >= 15 is 0 Å². The maximum Gasteiger partial charge on any atom is 0.242 e. The van der Waals surface area contributed by atoms with E-state index in [0.29, 0.717) is 30.3 Å². The van der Waals surface area contributed by atoms with E-state index in [2.05, 4.69) is 17.4 Å². The molecule has 0 saturated carbocycles. The van der Waals surface area contributed by atoms with E-state index in [1.165, 1.54) is 5.56 Å². The fraction of sp³-hybridized carbons (Fsp3) is 0.391. The Bertz CT molecular complexity index is 785. The first-order valence-corrected chi connectivity index (χ1v) is 11.5. The average molecular weight is 433 g/mol. The largest absolute Gasteiger partial charge is 0.354 e. The second kappa shape index (κ2) is 12.6. The lowest BCUT2D eigenvalue weighted by molar-refractivity contribution is -0.140. The number of carbonyl (C=O) groups is 2. The van der Waals surface area contributed by atoms with Gasteiger partial charge in [-0.2, -0.15) is 11.8 Å². The minimum absolute atomic E-state index is 0.0234. The molecule has 0 aromatic heterocycles. The molecule has 0 bridgehead atoms. The molecule has 0 aliphatic heterocycles. The Morgan fingerprint density at radius 3 is 2.52 bits per heavy atom. The molecule has 2 rings (SSSR count). The maximum absolute atomic E-state index is 13.0. The van der Waals surface area contributed by atoms with Crippen LogP contribution in [-0.4, -0.2) is 35.1 Å². The third-order valence-electron chi connectivity index (χ3n) is 4.53. The zero-order chi connectivity index (χ0) is 21.1. The van der Waals surface area contributed by atoms with Crippen molar-refractivity contribution in [2.75, 3.05) is 12.3 Å². The molecular formula is C23H29ClN2O2S. The van der Waals surface area contributed by atoms with Gasteiger partial charge in [-0.05, 0) is 36.6 Å². The molecule has 0 fully saturated rings. The summed E-state index contributed by atoms with van der Waals surface area (Å²) in [5, 5.41) is 3.51. The molecular weight excluding hydrogens is 404 g/mol. The van der Waals surface area contributed by atoms with Gasteiger partial charge in [0.2, 0.25) is 11.8 Å². The van der Waals surface area contributed by atoms with E-state index in [9.17, 15) is 9.59 Å². The van der Waals surface area contributed by atoms with Crippen molar-refractivity contribution in [1.82, 2.24) is 10.2 Å². The average Bonchev–Trinajstić information content (AvgIpc) is 2.73. The lowest BCUT2D eigenvalue weighted by Gasteiger charge is -2.29. The van der Waals surface area contributed by atoms with Crippen molar-refractivity contribution >= 4 is 35.2 Å².